The standard InChI is InChI=1S/C44H57NO9/c1-48-37-22-20-30(26-38(37)49-2)19-21-36-32-16-13-17-34(27-32)52-24-11-6-12-25-53-40-29-33(28-39(50-3)42(40)51-4)41(31-14-7-5-8-15-31)43(46)45-23-10-9-18-35(45)44(47)54-36/h13,16-17,20,22,26-29,31,35-36,41H,5-12,14-15,18-19,21,23-25H2,1-4H3/t35-,36+,41-/m0/s1. The van der Waals surface area contributed by atoms with E-state index in [0.29, 0.717) is 67.8 Å². The van der Waals surface area contributed by atoms with E-state index in [1.54, 1.807) is 28.4 Å². The lowest BCUT2D eigenvalue weighted by molar-refractivity contribution is -0.163. The predicted molar refractivity (Wildman–Crippen MR) is 206 cm³/mol. The monoisotopic (exact) mass is 743 g/mol. The third-order valence-corrected chi connectivity index (χ3v) is 11.2. The number of carbonyl (C=O) groups is 2. The molecule has 2 aliphatic heterocycles. The van der Waals surface area contributed by atoms with Crippen LogP contribution in [0.1, 0.15) is 106 Å². The maximum absolute atomic E-state index is 15.1. The Bertz CT molecular complexity index is 1700. The summed E-state index contributed by atoms with van der Waals surface area (Å²) in [6.07, 6.45) is 10.6. The van der Waals surface area contributed by atoms with Gasteiger partial charge in [0.1, 0.15) is 17.9 Å². The van der Waals surface area contributed by atoms with Gasteiger partial charge in [0.2, 0.25) is 11.7 Å². The number of hydrogen-bond donors (Lipinski definition) is 0. The Balaban J connectivity index is 1.36. The second-order valence-electron chi connectivity index (χ2n) is 14.7. The molecule has 1 saturated heterocycles. The molecule has 3 aromatic rings. The van der Waals surface area contributed by atoms with Gasteiger partial charge in [0.25, 0.3) is 0 Å². The molecule has 1 saturated carbocycles. The van der Waals surface area contributed by atoms with Gasteiger partial charge in [-0.2, -0.15) is 0 Å². The molecule has 0 spiro atoms. The van der Waals surface area contributed by atoms with Crippen LogP contribution in [0.5, 0.6) is 34.5 Å². The molecule has 0 N–H and O–H groups in total. The van der Waals surface area contributed by atoms with Crippen LogP contribution in [0.15, 0.2) is 54.6 Å². The molecule has 1 aliphatic carbocycles. The number of cyclic esters (lactones) is 1. The first-order valence-electron chi connectivity index (χ1n) is 19.8. The summed E-state index contributed by atoms with van der Waals surface area (Å²) in [5.41, 5.74) is 2.73. The molecule has 1 amide bonds. The van der Waals surface area contributed by atoms with E-state index < -0.39 is 18.1 Å². The van der Waals surface area contributed by atoms with Gasteiger partial charge in [-0.15, -0.1) is 0 Å². The Labute approximate surface area is 320 Å². The van der Waals surface area contributed by atoms with Crippen molar-refractivity contribution in [2.45, 2.75) is 102 Å². The normalized spacial score (nSPS) is 21.8. The first kappa shape index (κ1) is 39.1. The lowest BCUT2D eigenvalue weighted by atomic mass is 9.75. The van der Waals surface area contributed by atoms with Crippen molar-refractivity contribution in [1.29, 1.82) is 0 Å². The van der Waals surface area contributed by atoms with Crippen molar-refractivity contribution >= 4 is 11.9 Å². The van der Waals surface area contributed by atoms with Crippen LogP contribution in [0.2, 0.25) is 0 Å². The summed E-state index contributed by atoms with van der Waals surface area (Å²) in [4.78, 5) is 31.4. The van der Waals surface area contributed by atoms with Gasteiger partial charge in [-0.05, 0) is 123 Å². The van der Waals surface area contributed by atoms with Gasteiger partial charge in [-0.3, -0.25) is 4.79 Å². The highest BCUT2D eigenvalue weighted by Crippen LogP contribution is 2.45. The van der Waals surface area contributed by atoms with Crippen molar-refractivity contribution in [1.82, 2.24) is 4.90 Å². The topological polar surface area (TPSA) is 102 Å². The minimum Gasteiger partial charge on any atom is -0.494 e. The van der Waals surface area contributed by atoms with E-state index in [9.17, 15) is 4.79 Å². The zero-order valence-corrected chi connectivity index (χ0v) is 32.4. The van der Waals surface area contributed by atoms with Gasteiger partial charge in [0.05, 0.1) is 47.6 Å². The number of aryl methyl sites for hydroxylation is 1. The number of methoxy groups -OCH3 is 4. The summed E-state index contributed by atoms with van der Waals surface area (Å²) in [5.74, 6) is 2.90. The van der Waals surface area contributed by atoms with E-state index in [1.807, 2.05) is 59.5 Å². The van der Waals surface area contributed by atoms with E-state index in [4.69, 9.17) is 33.2 Å². The molecule has 3 aromatic carbocycles. The van der Waals surface area contributed by atoms with Crippen LogP contribution in [-0.4, -0.2) is 71.0 Å². The number of benzene rings is 3. The van der Waals surface area contributed by atoms with E-state index >= 15 is 4.79 Å². The smallest absolute Gasteiger partial charge is 0.329 e. The number of ether oxygens (including phenoxy) is 7. The number of esters is 1. The zero-order chi connectivity index (χ0) is 37.9. The van der Waals surface area contributed by atoms with Crippen molar-refractivity contribution < 1.29 is 42.7 Å². The van der Waals surface area contributed by atoms with Crippen molar-refractivity contribution in [2.75, 3.05) is 48.2 Å². The van der Waals surface area contributed by atoms with Crippen LogP contribution < -0.4 is 28.4 Å². The average molecular weight is 744 g/mol. The predicted octanol–water partition coefficient (Wildman–Crippen LogP) is 8.62. The zero-order valence-electron chi connectivity index (χ0n) is 32.4. The Kier molecular flexibility index (Phi) is 13.9. The summed E-state index contributed by atoms with van der Waals surface area (Å²) in [5, 5.41) is 0. The molecule has 292 valence electrons. The van der Waals surface area contributed by atoms with Crippen LogP contribution in [-0.2, 0) is 20.7 Å². The van der Waals surface area contributed by atoms with Crippen molar-refractivity contribution in [3.05, 3.63) is 71.3 Å². The summed E-state index contributed by atoms with van der Waals surface area (Å²) in [6, 6.07) is 16.9. The second kappa shape index (κ2) is 19.1. The molecule has 54 heavy (non-hydrogen) atoms. The molecule has 10 nitrogen and oxygen atoms in total. The fraction of sp³-hybridized carbons (Fsp3) is 0.545. The summed E-state index contributed by atoms with van der Waals surface area (Å²) in [6.45, 7) is 1.54. The van der Waals surface area contributed by atoms with Gasteiger partial charge in [-0.25, -0.2) is 4.79 Å². The second-order valence-corrected chi connectivity index (χ2v) is 14.7. The molecule has 2 heterocycles. The highest BCUT2D eigenvalue weighted by Gasteiger charge is 2.41. The van der Waals surface area contributed by atoms with Crippen molar-refractivity contribution in [3.63, 3.8) is 0 Å². The summed E-state index contributed by atoms with van der Waals surface area (Å²) < 4.78 is 41.7. The molecule has 4 bridgehead atoms. The number of carbonyl (C=O) groups excluding carboxylic acids is 2. The third kappa shape index (κ3) is 9.36. The molecule has 0 unspecified atom stereocenters. The van der Waals surface area contributed by atoms with Gasteiger partial charge >= 0.3 is 5.97 Å². The Hall–Kier alpha value is -4.60. The van der Waals surface area contributed by atoms with Crippen LogP contribution in [0.3, 0.4) is 0 Å². The first-order chi connectivity index (χ1) is 26.4. The fourth-order valence-corrected chi connectivity index (χ4v) is 8.34. The van der Waals surface area contributed by atoms with Crippen LogP contribution >= 0.6 is 0 Å². The molecule has 3 aliphatic rings. The van der Waals surface area contributed by atoms with Gasteiger partial charge in [-0.1, -0.05) is 37.5 Å². The number of hydrogen-bond acceptors (Lipinski definition) is 9. The van der Waals surface area contributed by atoms with Crippen LogP contribution in [0.25, 0.3) is 0 Å². The summed E-state index contributed by atoms with van der Waals surface area (Å²) in [7, 11) is 6.46. The lowest BCUT2D eigenvalue weighted by Gasteiger charge is -2.40. The molecule has 3 atom stereocenters. The lowest BCUT2D eigenvalue weighted by Crippen LogP contribution is -2.51. The van der Waals surface area contributed by atoms with E-state index in [-0.39, 0.29) is 17.8 Å². The Morgan fingerprint density at radius 3 is 2.19 bits per heavy atom. The van der Waals surface area contributed by atoms with E-state index in [0.717, 1.165) is 86.6 Å². The number of amides is 1. The average Bonchev–Trinajstić information content (AvgIpc) is 3.21. The summed E-state index contributed by atoms with van der Waals surface area (Å²) >= 11 is 0. The Morgan fingerprint density at radius 2 is 1.43 bits per heavy atom. The maximum atomic E-state index is 15.1. The highest BCUT2D eigenvalue weighted by atomic mass is 16.5. The number of rotatable bonds is 8. The van der Waals surface area contributed by atoms with Crippen LogP contribution in [0, 0.1) is 5.92 Å². The quantitative estimate of drug-likeness (QED) is 0.210. The minimum absolute atomic E-state index is 0.0339. The SMILES string of the molecule is COc1ccc(CC[C@H]2OC(=O)[C@@H]3CCCCN3C(=O)[C@@H](C3CCCCC3)c3cc(OC)c(OC)c(c3)OCCCCCOc3cccc2c3)cc1OC. The number of nitrogens with zero attached hydrogens (tertiary/aromatic N) is 1. The molecule has 0 aromatic heterocycles. The molecule has 2 fully saturated rings. The minimum atomic E-state index is -0.693. The first-order valence-corrected chi connectivity index (χ1v) is 19.8. The molecule has 0 radical (unpaired) electrons. The molecule has 10 heteroatoms. The third-order valence-electron chi connectivity index (χ3n) is 11.2. The van der Waals surface area contributed by atoms with Gasteiger partial charge in [0.15, 0.2) is 23.0 Å². The maximum Gasteiger partial charge on any atom is 0.329 e. The Morgan fingerprint density at radius 1 is 0.685 bits per heavy atom. The van der Waals surface area contributed by atoms with Gasteiger partial charge < -0.3 is 38.1 Å². The number of fused-ring (bicyclic) bond motifs is 5. The highest BCUT2D eigenvalue weighted by molar-refractivity contribution is 5.89. The molecule has 6 rings (SSSR count). The van der Waals surface area contributed by atoms with E-state index in [1.165, 1.54) is 0 Å². The fourth-order valence-electron chi connectivity index (χ4n) is 8.34. The molecular weight excluding hydrogens is 686 g/mol. The van der Waals surface area contributed by atoms with Crippen molar-refractivity contribution in [3.8, 4) is 34.5 Å². The largest absolute Gasteiger partial charge is 0.494 e. The van der Waals surface area contributed by atoms with E-state index in [2.05, 4.69) is 0 Å². The van der Waals surface area contributed by atoms with Gasteiger partial charge in [0, 0.05) is 6.54 Å². The number of piperidine rings is 1. The van der Waals surface area contributed by atoms with Crippen LogP contribution in [0.4, 0.5) is 0 Å². The molecular formula is C44H57NO9. The van der Waals surface area contributed by atoms with Crippen molar-refractivity contribution in [2.24, 2.45) is 5.92 Å².